The molecular formula is C17H21N3O3. The van der Waals surface area contributed by atoms with Crippen LogP contribution in [0.2, 0.25) is 0 Å². The van der Waals surface area contributed by atoms with Gasteiger partial charge < -0.3 is 19.9 Å². The SMILES string of the molecule is CC1CCN(C(=O)C(=O)Nc2ccc3ccn(C)c3c2)CC1O. The molecule has 2 atom stereocenters. The van der Waals surface area contributed by atoms with Crippen LogP contribution in [0.25, 0.3) is 10.9 Å². The van der Waals surface area contributed by atoms with Crippen LogP contribution >= 0.6 is 0 Å². The lowest BCUT2D eigenvalue weighted by atomic mass is 9.96. The summed E-state index contributed by atoms with van der Waals surface area (Å²) in [5.74, 6) is -1.11. The monoisotopic (exact) mass is 315 g/mol. The van der Waals surface area contributed by atoms with Crippen LogP contribution in [0.5, 0.6) is 0 Å². The predicted octanol–water partition coefficient (Wildman–Crippen LogP) is 1.35. The Morgan fingerprint density at radius 2 is 2.09 bits per heavy atom. The molecule has 0 aliphatic carbocycles. The first-order chi connectivity index (χ1) is 11.0. The third-order valence-electron chi connectivity index (χ3n) is 4.55. The van der Waals surface area contributed by atoms with Crippen molar-refractivity contribution in [3.05, 3.63) is 30.5 Å². The molecule has 2 aromatic rings. The van der Waals surface area contributed by atoms with Crippen LogP contribution < -0.4 is 5.32 Å². The van der Waals surface area contributed by atoms with Crippen LogP contribution in [0.1, 0.15) is 13.3 Å². The first kappa shape index (κ1) is 15.6. The number of benzene rings is 1. The Labute approximate surface area is 134 Å². The van der Waals surface area contributed by atoms with Crippen LogP contribution in [-0.2, 0) is 16.6 Å². The van der Waals surface area contributed by atoms with Crippen molar-refractivity contribution in [1.29, 1.82) is 0 Å². The van der Waals surface area contributed by atoms with Crippen LogP contribution in [0, 0.1) is 5.92 Å². The third-order valence-corrected chi connectivity index (χ3v) is 4.55. The summed E-state index contributed by atoms with van der Waals surface area (Å²) < 4.78 is 1.95. The van der Waals surface area contributed by atoms with Gasteiger partial charge in [0.1, 0.15) is 0 Å². The lowest BCUT2D eigenvalue weighted by Gasteiger charge is -2.33. The standard InChI is InChI=1S/C17H21N3O3/c1-11-5-8-20(10-15(11)21)17(23)16(22)18-13-4-3-12-6-7-19(2)14(12)9-13/h3-4,6-7,9,11,15,21H,5,8,10H2,1-2H3,(H,18,22). The van der Waals surface area contributed by atoms with Gasteiger partial charge in [-0.1, -0.05) is 13.0 Å². The summed E-state index contributed by atoms with van der Waals surface area (Å²) in [6, 6.07) is 7.51. The van der Waals surface area contributed by atoms with E-state index in [4.69, 9.17) is 0 Å². The molecule has 6 heteroatoms. The summed E-state index contributed by atoms with van der Waals surface area (Å²) in [4.78, 5) is 25.8. The highest BCUT2D eigenvalue weighted by Gasteiger charge is 2.30. The topological polar surface area (TPSA) is 74.6 Å². The van der Waals surface area contributed by atoms with E-state index in [0.29, 0.717) is 18.7 Å². The first-order valence-corrected chi connectivity index (χ1v) is 7.79. The molecule has 2 unspecified atom stereocenters. The van der Waals surface area contributed by atoms with E-state index in [0.717, 1.165) is 10.9 Å². The number of aliphatic hydroxyl groups is 1. The van der Waals surface area contributed by atoms with Gasteiger partial charge in [0, 0.05) is 37.5 Å². The van der Waals surface area contributed by atoms with Crippen LogP contribution in [0.4, 0.5) is 5.69 Å². The van der Waals surface area contributed by atoms with Crippen molar-refractivity contribution in [1.82, 2.24) is 9.47 Å². The minimum absolute atomic E-state index is 0.154. The van der Waals surface area contributed by atoms with Gasteiger partial charge in [-0.2, -0.15) is 0 Å². The van der Waals surface area contributed by atoms with Gasteiger partial charge in [-0.15, -0.1) is 0 Å². The molecule has 2 N–H and O–H groups in total. The zero-order valence-electron chi connectivity index (χ0n) is 13.3. The van der Waals surface area contributed by atoms with Gasteiger partial charge in [-0.25, -0.2) is 0 Å². The Morgan fingerprint density at radius 3 is 2.83 bits per heavy atom. The molecule has 1 aromatic heterocycles. The van der Waals surface area contributed by atoms with Gasteiger partial charge >= 0.3 is 11.8 Å². The minimum atomic E-state index is -0.666. The van der Waals surface area contributed by atoms with Crippen molar-refractivity contribution in [2.45, 2.75) is 19.4 Å². The number of likely N-dealkylation sites (tertiary alicyclic amines) is 1. The number of carbonyl (C=O) groups excluding carboxylic acids is 2. The van der Waals surface area contributed by atoms with Crippen LogP contribution in [-0.4, -0.2) is 45.6 Å². The number of hydrogen-bond acceptors (Lipinski definition) is 3. The lowest BCUT2D eigenvalue weighted by molar-refractivity contribution is -0.146. The largest absolute Gasteiger partial charge is 0.391 e. The number of amides is 2. The third kappa shape index (κ3) is 3.07. The number of hydrogen-bond donors (Lipinski definition) is 2. The Bertz CT molecular complexity index is 753. The summed E-state index contributed by atoms with van der Waals surface area (Å²) >= 11 is 0. The number of aryl methyl sites for hydroxylation is 1. The van der Waals surface area contributed by atoms with Gasteiger partial charge in [-0.05, 0) is 35.9 Å². The van der Waals surface area contributed by atoms with Crippen molar-refractivity contribution in [3.8, 4) is 0 Å². The molecule has 1 aromatic carbocycles. The molecule has 122 valence electrons. The molecule has 23 heavy (non-hydrogen) atoms. The molecule has 3 rings (SSSR count). The number of aromatic nitrogens is 1. The number of carbonyl (C=O) groups is 2. The average Bonchev–Trinajstić information content (AvgIpc) is 2.90. The van der Waals surface area contributed by atoms with Gasteiger partial charge in [0.05, 0.1) is 6.10 Å². The maximum atomic E-state index is 12.2. The van der Waals surface area contributed by atoms with E-state index in [1.165, 1.54) is 4.90 Å². The minimum Gasteiger partial charge on any atom is -0.391 e. The molecule has 1 aliphatic heterocycles. The smallest absolute Gasteiger partial charge is 0.313 e. The Balaban J connectivity index is 1.70. The maximum Gasteiger partial charge on any atom is 0.313 e. The van der Waals surface area contributed by atoms with Crippen molar-refractivity contribution in [2.75, 3.05) is 18.4 Å². The molecule has 2 amide bonds. The molecular weight excluding hydrogens is 294 g/mol. The second-order valence-electron chi connectivity index (χ2n) is 6.24. The molecule has 1 saturated heterocycles. The normalized spacial score (nSPS) is 21.4. The van der Waals surface area contributed by atoms with Gasteiger partial charge in [0.25, 0.3) is 0 Å². The van der Waals surface area contributed by atoms with Crippen LogP contribution in [0.3, 0.4) is 0 Å². The molecule has 6 nitrogen and oxygen atoms in total. The fourth-order valence-electron chi connectivity index (χ4n) is 2.90. The van der Waals surface area contributed by atoms with E-state index >= 15 is 0 Å². The average molecular weight is 315 g/mol. The Kier molecular flexibility index (Phi) is 4.09. The molecule has 1 fully saturated rings. The fraction of sp³-hybridized carbons (Fsp3) is 0.412. The summed E-state index contributed by atoms with van der Waals surface area (Å²) in [5.41, 5.74) is 1.57. The number of aliphatic hydroxyl groups excluding tert-OH is 1. The number of anilines is 1. The first-order valence-electron chi connectivity index (χ1n) is 7.79. The van der Waals surface area contributed by atoms with Crippen LogP contribution in [0.15, 0.2) is 30.5 Å². The highest BCUT2D eigenvalue weighted by Crippen LogP contribution is 2.20. The molecule has 1 aliphatic rings. The molecule has 0 bridgehead atoms. The van der Waals surface area contributed by atoms with Crippen molar-refractivity contribution < 1.29 is 14.7 Å². The predicted molar refractivity (Wildman–Crippen MR) is 87.9 cm³/mol. The van der Waals surface area contributed by atoms with E-state index in [-0.39, 0.29) is 12.5 Å². The lowest BCUT2D eigenvalue weighted by Crippen LogP contribution is -2.49. The summed E-state index contributed by atoms with van der Waals surface area (Å²) in [6.07, 6.45) is 2.08. The number of rotatable bonds is 1. The number of fused-ring (bicyclic) bond motifs is 1. The van der Waals surface area contributed by atoms with E-state index < -0.39 is 17.9 Å². The van der Waals surface area contributed by atoms with Crippen molar-refractivity contribution >= 4 is 28.4 Å². The second-order valence-corrected chi connectivity index (χ2v) is 6.24. The molecule has 0 radical (unpaired) electrons. The quantitative estimate of drug-likeness (QED) is 0.780. The van der Waals surface area contributed by atoms with E-state index in [9.17, 15) is 14.7 Å². The summed E-state index contributed by atoms with van der Waals surface area (Å²) in [5, 5.41) is 13.6. The molecule has 0 spiro atoms. The number of nitrogens with one attached hydrogen (secondary N) is 1. The van der Waals surface area contributed by atoms with Crippen molar-refractivity contribution in [3.63, 3.8) is 0 Å². The number of piperidine rings is 1. The van der Waals surface area contributed by atoms with E-state index in [1.807, 2.05) is 42.9 Å². The van der Waals surface area contributed by atoms with Crippen molar-refractivity contribution in [2.24, 2.45) is 13.0 Å². The van der Waals surface area contributed by atoms with Gasteiger partial charge in [-0.3, -0.25) is 9.59 Å². The number of β-amino-alcohol motifs (C(OH)–C–C–N with tert-alkyl or cyclic N) is 1. The Morgan fingerprint density at radius 1 is 1.30 bits per heavy atom. The molecule has 2 heterocycles. The number of nitrogens with zero attached hydrogens (tertiary/aromatic N) is 2. The second kappa shape index (κ2) is 6.04. The van der Waals surface area contributed by atoms with E-state index in [1.54, 1.807) is 6.07 Å². The zero-order valence-corrected chi connectivity index (χ0v) is 13.3. The highest BCUT2D eigenvalue weighted by atomic mass is 16.3. The zero-order chi connectivity index (χ0) is 16.6. The maximum absolute atomic E-state index is 12.2. The van der Waals surface area contributed by atoms with Gasteiger partial charge in [0.15, 0.2) is 0 Å². The fourth-order valence-corrected chi connectivity index (χ4v) is 2.90. The summed E-state index contributed by atoms with van der Waals surface area (Å²) in [6.45, 7) is 2.66. The Hall–Kier alpha value is -2.34. The van der Waals surface area contributed by atoms with Gasteiger partial charge in [0.2, 0.25) is 0 Å². The molecule has 0 saturated carbocycles. The highest BCUT2D eigenvalue weighted by molar-refractivity contribution is 6.39. The van der Waals surface area contributed by atoms with E-state index in [2.05, 4.69) is 5.32 Å². The summed E-state index contributed by atoms with van der Waals surface area (Å²) in [7, 11) is 1.93.